The second-order valence-electron chi connectivity index (χ2n) is 4.25. The molecule has 1 unspecified atom stereocenters. The molecule has 1 aromatic heterocycles. The molecule has 0 spiro atoms. The number of piperidine rings is 1. The van der Waals surface area contributed by atoms with E-state index in [0.717, 1.165) is 29.8 Å². The van der Waals surface area contributed by atoms with E-state index in [1.807, 2.05) is 0 Å². The van der Waals surface area contributed by atoms with Crippen molar-refractivity contribution in [1.82, 2.24) is 10.3 Å². The van der Waals surface area contributed by atoms with Gasteiger partial charge in [0.25, 0.3) is 0 Å². The van der Waals surface area contributed by atoms with Gasteiger partial charge in [-0.25, -0.2) is 4.98 Å². The van der Waals surface area contributed by atoms with Crippen LogP contribution in [0.25, 0.3) is 0 Å². The fourth-order valence-electron chi connectivity index (χ4n) is 1.88. The summed E-state index contributed by atoms with van der Waals surface area (Å²) in [4.78, 5) is 5.80. The monoisotopic (exact) mass is 225 g/mol. The van der Waals surface area contributed by atoms with Crippen LogP contribution in [0.5, 0.6) is 0 Å². The molecule has 4 heteroatoms. The highest BCUT2D eigenvalue weighted by Crippen LogP contribution is 2.21. The maximum atomic E-state index is 4.48. The largest absolute Gasteiger partial charge is 0.361 e. The van der Waals surface area contributed by atoms with Gasteiger partial charge in [-0.2, -0.15) is 0 Å². The Kier molecular flexibility index (Phi) is 3.59. The topological polar surface area (TPSA) is 37.0 Å². The van der Waals surface area contributed by atoms with Gasteiger partial charge in [-0.15, -0.1) is 11.3 Å². The van der Waals surface area contributed by atoms with Crippen molar-refractivity contribution in [2.75, 3.05) is 25.0 Å². The molecule has 1 aliphatic heterocycles. The Morgan fingerprint density at radius 3 is 3.00 bits per heavy atom. The van der Waals surface area contributed by atoms with Crippen LogP contribution in [0.15, 0.2) is 0 Å². The van der Waals surface area contributed by atoms with Crippen molar-refractivity contribution in [2.24, 2.45) is 5.92 Å². The molecule has 1 saturated heterocycles. The number of aromatic nitrogens is 1. The quantitative estimate of drug-likeness (QED) is 0.828. The van der Waals surface area contributed by atoms with E-state index in [9.17, 15) is 0 Å². The number of thiazole rings is 1. The third-order valence-corrected chi connectivity index (χ3v) is 4.00. The highest BCUT2D eigenvalue weighted by atomic mass is 32.1. The number of nitrogens with zero attached hydrogens (tertiary/aromatic N) is 1. The Hall–Kier alpha value is -0.610. The lowest BCUT2D eigenvalue weighted by molar-refractivity contribution is 0.393. The van der Waals surface area contributed by atoms with Crippen LogP contribution in [0.1, 0.15) is 23.4 Å². The first kappa shape index (κ1) is 10.9. The molecule has 0 radical (unpaired) electrons. The molecule has 15 heavy (non-hydrogen) atoms. The normalized spacial score (nSPS) is 21.6. The number of nitrogens with one attached hydrogen (secondary N) is 2. The van der Waals surface area contributed by atoms with Gasteiger partial charge in [0.15, 0.2) is 5.13 Å². The van der Waals surface area contributed by atoms with Crippen molar-refractivity contribution in [2.45, 2.75) is 26.7 Å². The summed E-state index contributed by atoms with van der Waals surface area (Å²) in [6.45, 7) is 7.58. The van der Waals surface area contributed by atoms with Crippen molar-refractivity contribution in [1.29, 1.82) is 0 Å². The minimum atomic E-state index is 0.767. The smallest absolute Gasteiger partial charge is 0.183 e. The van der Waals surface area contributed by atoms with Gasteiger partial charge in [0, 0.05) is 11.4 Å². The van der Waals surface area contributed by atoms with Gasteiger partial charge in [-0.05, 0) is 45.7 Å². The summed E-state index contributed by atoms with van der Waals surface area (Å²) < 4.78 is 0. The van der Waals surface area contributed by atoms with Crippen LogP contribution >= 0.6 is 11.3 Å². The zero-order chi connectivity index (χ0) is 10.7. The van der Waals surface area contributed by atoms with Crippen molar-refractivity contribution >= 4 is 16.5 Å². The molecule has 0 amide bonds. The fourth-order valence-corrected chi connectivity index (χ4v) is 2.70. The Balaban J connectivity index is 1.81. The van der Waals surface area contributed by atoms with E-state index in [2.05, 4.69) is 29.5 Å². The van der Waals surface area contributed by atoms with E-state index in [0.29, 0.717) is 0 Å². The van der Waals surface area contributed by atoms with E-state index in [4.69, 9.17) is 0 Å². The minimum absolute atomic E-state index is 0.767. The maximum Gasteiger partial charge on any atom is 0.183 e. The molecule has 1 aliphatic rings. The van der Waals surface area contributed by atoms with Crippen LogP contribution in [0.3, 0.4) is 0 Å². The molecule has 3 nitrogen and oxygen atoms in total. The molecule has 0 saturated carbocycles. The summed E-state index contributed by atoms with van der Waals surface area (Å²) in [5.74, 6) is 0.767. The number of aryl methyl sites for hydroxylation is 2. The average Bonchev–Trinajstić information content (AvgIpc) is 2.57. The Bertz CT molecular complexity index is 296. The Morgan fingerprint density at radius 2 is 2.40 bits per heavy atom. The van der Waals surface area contributed by atoms with Crippen molar-refractivity contribution < 1.29 is 0 Å². The molecule has 1 atom stereocenters. The zero-order valence-electron chi connectivity index (χ0n) is 9.47. The number of rotatable bonds is 3. The standard InChI is InChI=1S/C11H19N3S/c1-8-9(2)15-11(14-8)13-7-10-4-3-5-12-6-10/h10,12H,3-7H2,1-2H3,(H,13,14). The van der Waals surface area contributed by atoms with Crippen molar-refractivity contribution in [3.8, 4) is 0 Å². The lowest BCUT2D eigenvalue weighted by Gasteiger charge is -2.22. The van der Waals surface area contributed by atoms with E-state index < -0.39 is 0 Å². The Morgan fingerprint density at radius 1 is 1.53 bits per heavy atom. The first-order chi connectivity index (χ1) is 7.25. The third-order valence-electron chi connectivity index (χ3n) is 2.97. The van der Waals surface area contributed by atoms with Crippen LogP contribution in [0.4, 0.5) is 5.13 Å². The number of hydrogen-bond donors (Lipinski definition) is 2. The number of anilines is 1. The van der Waals surface area contributed by atoms with Gasteiger partial charge >= 0.3 is 0 Å². The highest BCUT2D eigenvalue weighted by molar-refractivity contribution is 7.15. The van der Waals surface area contributed by atoms with Gasteiger partial charge in [-0.3, -0.25) is 0 Å². The first-order valence-electron chi connectivity index (χ1n) is 5.64. The number of hydrogen-bond acceptors (Lipinski definition) is 4. The molecular formula is C11H19N3S. The third kappa shape index (κ3) is 2.92. The minimum Gasteiger partial charge on any atom is -0.361 e. The van der Waals surface area contributed by atoms with Crippen molar-refractivity contribution in [3.63, 3.8) is 0 Å². The summed E-state index contributed by atoms with van der Waals surface area (Å²) in [6.07, 6.45) is 2.64. The molecule has 2 rings (SSSR count). The van der Waals surface area contributed by atoms with Gasteiger partial charge in [-0.1, -0.05) is 0 Å². The van der Waals surface area contributed by atoms with Crippen LogP contribution in [-0.2, 0) is 0 Å². The Labute approximate surface area is 95.3 Å². The van der Waals surface area contributed by atoms with Gasteiger partial charge in [0.1, 0.15) is 0 Å². The second kappa shape index (κ2) is 4.94. The molecule has 0 aliphatic carbocycles. The molecular weight excluding hydrogens is 206 g/mol. The van der Waals surface area contributed by atoms with E-state index in [1.54, 1.807) is 11.3 Å². The molecule has 2 heterocycles. The molecule has 2 N–H and O–H groups in total. The maximum absolute atomic E-state index is 4.48. The predicted octanol–water partition coefficient (Wildman–Crippen LogP) is 2.17. The van der Waals surface area contributed by atoms with Crippen LogP contribution < -0.4 is 10.6 Å². The molecule has 1 aromatic rings. The summed E-state index contributed by atoms with van der Waals surface area (Å²) in [6, 6.07) is 0. The average molecular weight is 225 g/mol. The summed E-state index contributed by atoms with van der Waals surface area (Å²) in [5, 5.41) is 7.95. The summed E-state index contributed by atoms with van der Waals surface area (Å²) >= 11 is 1.76. The van der Waals surface area contributed by atoms with Gasteiger partial charge < -0.3 is 10.6 Å². The van der Waals surface area contributed by atoms with E-state index >= 15 is 0 Å². The van der Waals surface area contributed by atoms with Crippen molar-refractivity contribution in [3.05, 3.63) is 10.6 Å². The zero-order valence-corrected chi connectivity index (χ0v) is 10.3. The molecule has 84 valence electrons. The molecule has 0 aromatic carbocycles. The van der Waals surface area contributed by atoms with Gasteiger partial charge in [0.2, 0.25) is 0 Å². The van der Waals surface area contributed by atoms with Gasteiger partial charge in [0.05, 0.1) is 5.69 Å². The molecule has 0 bridgehead atoms. The first-order valence-corrected chi connectivity index (χ1v) is 6.46. The lowest BCUT2D eigenvalue weighted by Crippen LogP contribution is -2.33. The highest BCUT2D eigenvalue weighted by Gasteiger charge is 2.13. The van der Waals surface area contributed by atoms with Crippen LogP contribution in [0.2, 0.25) is 0 Å². The van der Waals surface area contributed by atoms with E-state index in [-0.39, 0.29) is 0 Å². The molecule has 1 fully saturated rings. The SMILES string of the molecule is Cc1nc(NCC2CCCNC2)sc1C. The van der Waals surface area contributed by atoms with Crippen LogP contribution in [0, 0.1) is 19.8 Å². The fraction of sp³-hybridized carbons (Fsp3) is 0.727. The second-order valence-corrected chi connectivity index (χ2v) is 5.46. The summed E-state index contributed by atoms with van der Waals surface area (Å²) in [5.41, 5.74) is 1.16. The van der Waals surface area contributed by atoms with Crippen LogP contribution in [-0.4, -0.2) is 24.6 Å². The lowest BCUT2D eigenvalue weighted by atomic mass is 10.00. The predicted molar refractivity (Wildman–Crippen MR) is 65.7 cm³/mol. The van der Waals surface area contributed by atoms with E-state index in [1.165, 1.54) is 24.3 Å². The summed E-state index contributed by atoms with van der Waals surface area (Å²) in [7, 11) is 0.